The quantitative estimate of drug-likeness (QED) is 0.543. The number of hydrogen-bond acceptors (Lipinski definition) is 6. The van der Waals surface area contributed by atoms with Gasteiger partial charge < -0.3 is 20.0 Å². The van der Waals surface area contributed by atoms with E-state index in [4.69, 9.17) is 4.42 Å². The molecule has 0 saturated carbocycles. The molecular weight excluding hydrogens is 354 g/mol. The van der Waals surface area contributed by atoms with Gasteiger partial charge in [-0.25, -0.2) is 0 Å². The summed E-state index contributed by atoms with van der Waals surface area (Å²) in [7, 11) is 3.89. The predicted octanol–water partition coefficient (Wildman–Crippen LogP) is 4.28. The van der Waals surface area contributed by atoms with E-state index in [0.29, 0.717) is 17.1 Å². The van der Waals surface area contributed by atoms with Gasteiger partial charge in [0.05, 0.1) is 11.9 Å². The Hall–Kier alpha value is -3.87. The average molecular weight is 373 g/mol. The number of para-hydroxylation sites is 1. The fourth-order valence-corrected chi connectivity index (χ4v) is 2.73. The van der Waals surface area contributed by atoms with E-state index in [1.807, 2.05) is 73.6 Å². The molecule has 140 valence electrons. The number of amides is 1. The molecule has 0 aliphatic rings. The van der Waals surface area contributed by atoms with Gasteiger partial charge in [-0.1, -0.05) is 18.2 Å². The van der Waals surface area contributed by atoms with Gasteiger partial charge in [0.1, 0.15) is 5.58 Å². The van der Waals surface area contributed by atoms with Crippen LogP contribution < -0.4 is 15.5 Å². The van der Waals surface area contributed by atoms with E-state index in [1.54, 1.807) is 12.3 Å². The van der Waals surface area contributed by atoms with E-state index in [2.05, 4.69) is 20.8 Å². The first kappa shape index (κ1) is 17.5. The van der Waals surface area contributed by atoms with Crippen LogP contribution in [-0.2, 0) is 0 Å². The van der Waals surface area contributed by atoms with Gasteiger partial charge in [0, 0.05) is 36.9 Å². The summed E-state index contributed by atoms with van der Waals surface area (Å²) in [6, 6.07) is 18.5. The zero-order valence-electron chi connectivity index (χ0n) is 15.5. The van der Waals surface area contributed by atoms with Gasteiger partial charge in [0.25, 0.3) is 5.91 Å². The van der Waals surface area contributed by atoms with Crippen molar-refractivity contribution in [1.29, 1.82) is 0 Å². The standard InChI is InChI=1S/C21H19N5O2/c1-26(2)17-12-20(25-22-13-17)23-15-7-9-16(10-8-15)24-21(27)19-11-14-5-3-4-6-18(14)28-19/h3-13H,1-2H3,(H,23,25)(H,24,27). The Morgan fingerprint density at radius 1 is 1.00 bits per heavy atom. The first-order valence-corrected chi connectivity index (χ1v) is 8.75. The first-order valence-electron chi connectivity index (χ1n) is 8.75. The summed E-state index contributed by atoms with van der Waals surface area (Å²) in [5.41, 5.74) is 3.15. The number of rotatable bonds is 5. The maximum Gasteiger partial charge on any atom is 0.291 e. The van der Waals surface area contributed by atoms with Crippen molar-refractivity contribution in [3.8, 4) is 0 Å². The second-order valence-corrected chi connectivity index (χ2v) is 6.50. The van der Waals surface area contributed by atoms with Crippen LogP contribution in [0.5, 0.6) is 0 Å². The molecule has 7 heteroatoms. The van der Waals surface area contributed by atoms with E-state index >= 15 is 0 Å². The average Bonchev–Trinajstić information content (AvgIpc) is 3.14. The zero-order chi connectivity index (χ0) is 19.5. The molecule has 0 bridgehead atoms. The van der Waals surface area contributed by atoms with Gasteiger partial charge >= 0.3 is 0 Å². The molecule has 28 heavy (non-hydrogen) atoms. The molecule has 0 aliphatic carbocycles. The van der Waals surface area contributed by atoms with Crippen LogP contribution in [0.2, 0.25) is 0 Å². The summed E-state index contributed by atoms with van der Waals surface area (Å²) >= 11 is 0. The third-order valence-electron chi connectivity index (χ3n) is 4.22. The Morgan fingerprint density at radius 3 is 2.50 bits per heavy atom. The van der Waals surface area contributed by atoms with E-state index in [0.717, 1.165) is 16.8 Å². The summed E-state index contributed by atoms with van der Waals surface area (Å²) in [6.07, 6.45) is 1.70. The molecule has 0 aliphatic heterocycles. The van der Waals surface area contributed by atoms with Crippen LogP contribution in [0.4, 0.5) is 22.9 Å². The van der Waals surface area contributed by atoms with Crippen molar-refractivity contribution < 1.29 is 9.21 Å². The predicted molar refractivity (Wildman–Crippen MR) is 110 cm³/mol. The maximum absolute atomic E-state index is 12.4. The van der Waals surface area contributed by atoms with Crippen LogP contribution in [0.1, 0.15) is 10.6 Å². The second-order valence-electron chi connectivity index (χ2n) is 6.50. The normalized spacial score (nSPS) is 10.6. The summed E-state index contributed by atoms with van der Waals surface area (Å²) in [6.45, 7) is 0. The van der Waals surface area contributed by atoms with Crippen LogP contribution in [-0.4, -0.2) is 30.2 Å². The molecule has 4 aromatic rings. The lowest BCUT2D eigenvalue weighted by Crippen LogP contribution is -2.11. The molecule has 0 radical (unpaired) electrons. The number of nitrogens with one attached hydrogen (secondary N) is 2. The molecule has 0 saturated heterocycles. The van der Waals surface area contributed by atoms with Gasteiger partial charge in [-0.15, -0.1) is 5.10 Å². The Morgan fingerprint density at radius 2 is 1.75 bits per heavy atom. The molecule has 2 aromatic carbocycles. The highest BCUT2D eigenvalue weighted by atomic mass is 16.3. The molecule has 4 rings (SSSR count). The van der Waals surface area contributed by atoms with Gasteiger partial charge in [0.2, 0.25) is 0 Å². The Balaban J connectivity index is 1.44. The van der Waals surface area contributed by atoms with Crippen molar-refractivity contribution in [2.45, 2.75) is 0 Å². The van der Waals surface area contributed by atoms with E-state index < -0.39 is 0 Å². The minimum absolute atomic E-state index is 0.277. The number of furan rings is 1. The fourth-order valence-electron chi connectivity index (χ4n) is 2.73. The van der Waals surface area contributed by atoms with Gasteiger partial charge in [-0.2, -0.15) is 5.10 Å². The van der Waals surface area contributed by atoms with Crippen molar-refractivity contribution >= 4 is 39.8 Å². The highest BCUT2D eigenvalue weighted by molar-refractivity contribution is 6.04. The third kappa shape index (κ3) is 3.78. The van der Waals surface area contributed by atoms with Crippen molar-refractivity contribution in [3.63, 3.8) is 0 Å². The number of nitrogens with zero attached hydrogens (tertiary/aromatic N) is 3. The van der Waals surface area contributed by atoms with Gasteiger partial charge in [-0.05, 0) is 36.4 Å². The molecule has 0 unspecified atom stereocenters. The van der Waals surface area contributed by atoms with Crippen molar-refractivity contribution in [1.82, 2.24) is 10.2 Å². The van der Waals surface area contributed by atoms with Crippen LogP contribution in [0.25, 0.3) is 11.0 Å². The zero-order valence-corrected chi connectivity index (χ0v) is 15.5. The third-order valence-corrected chi connectivity index (χ3v) is 4.22. The van der Waals surface area contributed by atoms with Crippen LogP contribution in [0.3, 0.4) is 0 Å². The first-order chi connectivity index (χ1) is 13.6. The highest BCUT2D eigenvalue weighted by Gasteiger charge is 2.12. The number of fused-ring (bicyclic) bond motifs is 1. The van der Waals surface area contributed by atoms with Gasteiger partial charge in [0.15, 0.2) is 11.6 Å². The molecular formula is C21H19N5O2. The largest absolute Gasteiger partial charge is 0.451 e. The molecule has 0 atom stereocenters. The number of carbonyl (C=O) groups excluding carboxylic acids is 1. The number of aromatic nitrogens is 2. The van der Waals surface area contributed by atoms with Crippen LogP contribution in [0.15, 0.2) is 71.3 Å². The molecule has 7 nitrogen and oxygen atoms in total. The molecule has 0 spiro atoms. The fraction of sp³-hybridized carbons (Fsp3) is 0.0952. The topological polar surface area (TPSA) is 83.3 Å². The number of benzene rings is 2. The lowest BCUT2D eigenvalue weighted by Gasteiger charge is -2.13. The Bertz CT molecular complexity index is 1090. The maximum atomic E-state index is 12.4. The lowest BCUT2D eigenvalue weighted by atomic mass is 10.2. The van der Waals surface area contributed by atoms with Crippen molar-refractivity contribution in [2.24, 2.45) is 0 Å². The molecule has 2 N–H and O–H groups in total. The van der Waals surface area contributed by atoms with E-state index in [9.17, 15) is 4.79 Å². The van der Waals surface area contributed by atoms with E-state index in [-0.39, 0.29) is 11.7 Å². The number of anilines is 4. The number of hydrogen-bond donors (Lipinski definition) is 2. The molecule has 0 fully saturated rings. The minimum Gasteiger partial charge on any atom is -0.451 e. The SMILES string of the molecule is CN(C)c1cnnc(Nc2ccc(NC(=O)c3cc4ccccc4o3)cc2)c1. The summed E-state index contributed by atoms with van der Waals surface area (Å²) in [5, 5.41) is 15.0. The van der Waals surface area contributed by atoms with Gasteiger partial charge in [-0.3, -0.25) is 4.79 Å². The number of carbonyl (C=O) groups is 1. The minimum atomic E-state index is -0.290. The summed E-state index contributed by atoms with van der Waals surface area (Å²) in [4.78, 5) is 14.4. The second kappa shape index (κ2) is 7.40. The van der Waals surface area contributed by atoms with Crippen LogP contribution in [0, 0.1) is 0 Å². The lowest BCUT2D eigenvalue weighted by molar-refractivity contribution is 0.0998. The van der Waals surface area contributed by atoms with Crippen molar-refractivity contribution in [2.75, 3.05) is 29.6 Å². The monoisotopic (exact) mass is 373 g/mol. The Labute approximate surface area is 162 Å². The smallest absolute Gasteiger partial charge is 0.291 e. The molecule has 1 amide bonds. The Kier molecular flexibility index (Phi) is 4.63. The molecule has 2 aromatic heterocycles. The van der Waals surface area contributed by atoms with E-state index in [1.165, 1.54) is 0 Å². The summed E-state index contributed by atoms with van der Waals surface area (Å²) < 4.78 is 5.59. The van der Waals surface area contributed by atoms with Crippen LogP contribution >= 0.6 is 0 Å². The summed E-state index contributed by atoms with van der Waals surface area (Å²) in [5.74, 6) is 0.630. The highest BCUT2D eigenvalue weighted by Crippen LogP contribution is 2.22. The van der Waals surface area contributed by atoms with Crippen molar-refractivity contribution in [3.05, 3.63) is 72.6 Å². The molecule has 2 heterocycles.